The van der Waals surface area contributed by atoms with Crippen molar-refractivity contribution < 1.29 is 9.59 Å². The largest absolute Gasteiger partial charge is 0.355 e. The lowest BCUT2D eigenvalue weighted by molar-refractivity contribution is -0.116. The maximum Gasteiger partial charge on any atom is 0.252 e. The van der Waals surface area contributed by atoms with Gasteiger partial charge in [0.2, 0.25) is 5.91 Å². The number of anilines is 1. The third-order valence-electron chi connectivity index (χ3n) is 4.90. The van der Waals surface area contributed by atoms with Crippen molar-refractivity contribution in [1.82, 2.24) is 9.88 Å². The van der Waals surface area contributed by atoms with Gasteiger partial charge in [0.05, 0.1) is 21.6 Å². The molecule has 1 heterocycles. The lowest BCUT2D eigenvalue weighted by Crippen LogP contribution is -2.22. The Hall–Kier alpha value is -3.64. The fraction of sp³-hybridized carbons (Fsp3) is 0.0870. The molecule has 2 N–H and O–H groups in total. The van der Waals surface area contributed by atoms with E-state index in [1.54, 1.807) is 36.4 Å². The zero-order valence-electron chi connectivity index (χ0n) is 16.1. The van der Waals surface area contributed by atoms with Crippen LogP contribution in [0.3, 0.4) is 0 Å². The summed E-state index contributed by atoms with van der Waals surface area (Å²) < 4.78 is 1.82. The summed E-state index contributed by atoms with van der Waals surface area (Å²) in [6, 6.07) is 19.2. The van der Waals surface area contributed by atoms with Crippen LogP contribution in [-0.2, 0) is 11.3 Å². The van der Waals surface area contributed by atoms with Gasteiger partial charge < -0.3 is 15.2 Å². The number of aromatic nitrogens is 1. The van der Waals surface area contributed by atoms with Crippen molar-refractivity contribution in [3.8, 4) is 0 Å². The quantitative estimate of drug-likeness (QED) is 0.494. The van der Waals surface area contributed by atoms with Crippen LogP contribution in [-0.4, -0.2) is 23.4 Å². The number of halogens is 1. The maximum atomic E-state index is 12.8. The Morgan fingerprint density at radius 2 is 1.53 bits per heavy atom. The Morgan fingerprint density at radius 3 is 2.13 bits per heavy atom. The van der Waals surface area contributed by atoms with Gasteiger partial charge in [-0.1, -0.05) is 35.9 Å². The summed E-state index contributed by atoms with van der Waals surface area (Å²) in [6.45, 7) is -0.000753. The van der Waals surface area contributed by atoms with Crippen LogP contribution in [0.25, 0.3) is 21.8 Å². The second kappa shape index (κ2) is 8.00. The van der Waals surface area contributed by atoms with Crippen molar-refractivity contribution >= 4 is 50.9 Å². The first kappa shape index (κ1) is 19.7. The molecule has 3 aromatic carbocycles. The number of para-hydroxylation sites is 2. The van der Waals surface area contributed by atoms with Gasteiger partial charge in [-0.25, -0.2) is 0 Å². The number of hydrogen-bond donors (Lipinski definition) is 2. The maximum absolute atomic E-state index is 12.8. The molecule has 4 aromatic rings. The molecule has 30 heavy (non-hydrogen) atoms. The molecule has 150 valence electrons. The molecule has 7 heteroatoms. The van der Waals surface area contributed by atoms with Crippen LogP contribution in [0.2, 0.25) is 5.02 Å². The van der Waals surface area contributed by atoms with Crippen molar-refractivity contribution in [2.45, 2.75) is 6.54 Å². The molecular formula is C23H18ClN3O3. The van der Waals surface area contributed by atoms with Crippen LogP contribution in [0.1, 0.15) is 10.4 Å². The molecule has 0 radical (unpaired) electrons. The van der Waals surface area contributed by atoms with Crippen LogP contribution in [0, 0.1) is 0 Å². The highest BCUT2D eigenvalue weighted by atomic mass is 35.5. The van der Waals surface area contributed by atoms with Crippen LogP contribution in [0.15, 0.2) is 71.5 Å². The number of carbonyl (C=O) groups excluding carboxylic acids is 2. The number of amides is 2. The second-order valence-electron chi connectivity index (χ2n) is 6.77. The molecule has 2 amide bonds. The molecule has 0 spiro atoms. The third-order valence-corrected chi connectivity index (χ3v) is 5.23. The normalized spacial score (nSPS) is 10.9. The molecule has 0 aliphatic heterocycles. The predicted molar refractivity (Wildman–Crippen MR) is 119 cm³/mol. The van der Waals surface area contributed by atoms with Gasteiger partial charge in [-0.3, -0.25) is 14.4 Å². The zero-order valence-corrected chi connectivity index (χ0v) is 16.9. The summed E-state index contributed by atoms with van der Waals surface area (Å²) in [5.41, 5.74) is 2.02. The number of carbonyl (C=O) groups is 2. The van der Waals surface area contributed by atoms with Crippen molar-refractivity contribution in [1.29, 1.82) is 0 Å². The van der Waals surface area contributed by atoms with Gasteiger partial charge in [0.15, 0.2) is 5.43 Å². The first-order valence-corrected chi connectivity index (χ1v) is 9.69. The number of rotatable bonds is 4. The van der Waals surface area contributed by atoms with Gasteiger partial charge in [-0.2, -0.15) is 0 Å². The van der Waals surface area contributed by atoms with Crippen LogP contribution < -0.4 is 16.1 Å². The third kappa shape index (κ3) is 3.53. The van der Waals surface area contributed by atoms with E-state index in [-0.39, 0.29) is 29.4 Å². The number of nitrogens with zero attached hydrogens (tertiary/aromatic N) is 1. The molecule has 0 saturated heterocycles. The summed E-state index contributed by atoms with van der Waals surface area (Å²) in [4.78, 5) is 37.6. The highest BCUT2D eigenvalue weighted by molar-refractivity contribution is 6.34. The summed E-state index contributed by atoms with van der Waals surface area (Å²) >= 11 is 6.07. The van der Waals surface area contributed by atoms with Gasteiger partial charge >= 0.3 is 0 Å². The van der Waals surface area contributed by atoms with Crippen molar-refractivity contribution in [3.05, 3.63) is 87.5 Å². The average Bonchev–Trinajstić information content (AvgIpc) is 2.77. The predicted octanol–water partition coefficient (Wildman–Crippen LogP) is 3.81. The number of hydrogen-bond acceptors (Lipinski definition) is 3. The number of nitrogens with one attached hydrogen (secondary N) is 2. The highest BCUT2D eigenvalue weighted by Crippen LogP contribution is 2.22. The van der Waals surface area contributed by atoms with Gasteiger partial charge in [0.1, 0.15) is 6.54 Å². The Bertz CT molecular complexity index is 1300. The van der Waals surface area contributed by atoms with E-state index in [0.29, 0.717) is 32.5 Å². The van der Waals surface area contributed by atoms with Crippen molar-refractivity contribution in [2.75, 3.05) is 12.4 Å². The molecule has 4 rings (SSSR count). The molecular weight excluding hydrogens is 402 g/mol. The lowest BCUT2D eigenvalue weighted by atomic mass is 10.1. The fourth-order valence-corrected chi connectivity index (χ4v) is 3.71. The second-order valence-corrected chi connectivity index (χ2v) is 7.18. The molecule has 0 aliphatic rings. The van der Waals surface area contributed by atoms with E-state index < -0.39 is 0 Å². The molecule has 1 aromatic heterocycles. The molecule has 0 fully saturated rings. The molecule has 6 nitrogen and oxygen atoms in total. The minimum Gasteiger partial charge on any atom is -0.355 e. The van der Waals surface area contributed by atoms with Crippen molar-refractivity contribution in [3.63, 3.8) is 0 Å². The van der Waals surface area contributed by atoms with Crippen LogP contribution in [0.4, 0.5) is 5.69 Å². The van der Waals surface area contributed by atoms with E-state index in [4.69, 9.17) is 11.6 Å². The summed E-state index contributed by atoms with van der Waals surface area (Å²) in [6.07, 6.45) is 0. The molecule has 0 bridgehead atoms. The van der Waals surface area contributed by atoms with E-state index in [0.717, 1.165) is 0 Å². The summed E-state index contributed by atoms with van der Waals surface area (Å²) in [5, 5.41) is 6.73. The molecule has 0 unspecified atom stereocenters. The SMILES string of the molecule is CNC(=O)c1cc(NC(=O)Cn2c3ccccc3c(=O)c3ccccc32)ccc1Cl. The van der Waals surface area contributed by atoms with E-state index >= 15 is 0 Å². The van der Waals surface area contributed by atoms with E-state index in [1.165, 1.54) is 13.1 Å². The van der Waals surface area contributed by atoms with Gasteiger partial charge in [0, 0.05) is 23.5 Å². The number of fused-ring (bicyclic) bond motifs is 2. The minimum absolute atomic E-state index is 0.000753. The molecule has 0 saturated carbocycles. The smallest absolute Gasteiger partial charge is 0.252 e. The highest BCUT2D eigenvalue weighted by Gasteiger charge is 2.14. The lowest BCUT2D eigenvalue weighted by Gasteiger charge is -2.15. The Balaban J connectivity index is 1.73. The molecule has 0 atom stereocenters. The Labute approximate surface area is 177 Å². The summed E-state index contributed by atoms with van der Waals surface area (Å²) in [5.74, 6) is -0.632. The topological polar surface area (TPSA) is 80.2 Å². The van der Waals surface area contributed by atoms with E-state index in [2.05, 4.69) is 10.6 Å². The summed E-state index contributed by atoms with van der Waals surface area (Å²) in [7, 11) is 1.51. The first-order chi connectivity index (χ1) is 14.5. The monoisotopic (exact) mass is 419 g/mol. The minimum atomic E-state index is -0.339. The number of pyridine rings is 1. The fourth-order valence-electron chi connectivity index (χ4n) is 3.50. The average molecular weight is 420 g/mol. The van der Waals surface area contributed by atoms with E-state index in [9.17, 15) is 14.4 Å². The Morgan fingerprint density at radius 1 is 0.933 bits per heavy atom. The standard InChI is InChI=1S/C23H18ClN3O3/c1-25-23(30)17-12-14(10-11-18(17)24)26-21(28)13-27-19-8-4-2-6-15(19)22(29)16-7-3-5-9-20(16)27/h2-12H,13H2,1H3,(H,25,30)(H,26,28). The molecule has 0 aliphatic carbocycles. The zero-order chi connectivity index (χ0) is 21.3. The van der Waals surface area contributed by atoms with Gasteiger partial charge in [0.25, 0.3) is 5.91 Å². The van der Waals surface area contributed by atoms with Gasteiger partial charge in [-0.15, -0.1) is 0 Å². The van der Waals surface area contributed by atoms with Crippen LogP contribution >= 0.6 is 11.6 Å². The first-order valence-electron chi connectivity index (χ1n) is 9.31. The van der Waals surface area contributed by atoms with Crippen LogP contribution in [0.5, 0.6) is 0 Å². The number of benzene rings is 3. The van der Waals surface area contributed by atoms with Crippen molar-refractivity contribution in [2.24, 2.45) is 0 Å². The van der Waals surface area contributed by atoms with Gasteiger partial charge in [-0.05, 0) is 42.5 Å². The Kier molecular flexibility index (Phi) is 5.25. The van der Waals surface area contributed by atoms with E-state index in [1.807, 2.05) is 28.8 Å².